The highest BCUT2D eigenvalue weighted by molar-refractivity contribution is 9.10. The van der Waals surface area contributed by atoms with Crippen LogP contribution in [-0.2, 0) is 0 Å². The summed E-state index contributed by atoms with van der Waals surface area (Å²) < 4.78 is 0.834. The van der Waals surface area contributed by atoms with Crippen LogP contribution in [0.3, 0.4) is 0 Å². The molecule has 0 fully saturated rings. The van der Waals surface area contributed by atoms with Crippen LogP contribution in [0.4, 0.5) is 11.4 Å². The van der Waals surface area contributed by atoms with Crippen LogP contribution in [-0.4, -0.2) is 22.0 Å². The highest BCUT2D eigenvalue weighted by Crippen LogP contribution is 2.34. The normalized spacial score (nSPS) is 11.6. The third-order valence-corrected chi connectivity index (χ3v) is 3.47. The molecule has 1 aromatic heterocycles. The molecule has 0 atom stereocenters. The van der Waals surface area contributed by atoms with Gasteiger partial charge in [0.1, 0.15) is 11.9 Å². The van der Waals surface area contributed by atoms with Crippen molar-refractivity contribution in [1.29, 1.82) is 0 Å². The minimum Gasteiger partial charge on any atom is -0.373 e. The van der Waals surface area contributed by atoms with Crippen LogP contribution in [0.15, 0.2) is 28.9 Å². The maximum absolute atomic E-state index is 11.2. The number of anilines is 1. The molecular weight excluding hydrogens is 324 g/mol. The molecule has 0 spiro atoms. The average Bonchev–Trinajstić information content (AvgIpc) is 2.38. The fraction of sp³-hybridized carbons (Fsp3) is 0.308. The lowest BCUT2D eigenvalue weighted by Crippen LogP contribution is -2.39. The third-order valence-electron chi connectivity index (χ3n) is 2.98. The summed E-state index contributed by atoms with van der Waals surface area (Å²) >= 11 is 3.37. The number of hydrogen-bond acceptors (Lipinski definition) is 5. The molecule has 6 nitrogen and oxygen atoms in total. The first kappa shape index (κ1) is 14.7. The van der Waals surface area contributed by atoms with Crippen molar-refractivity contribution < 1.29 is 4.92 Å². The van der Waals surface area contributed by atoms with Crippen LogP contribution in [0, 0.1) is 10.1 Å². The Morgan fingerprint density at radius 2 is 2.20 bits per heavy atom. The largest absolute Gasteiger partial charge is 0.373 e. The Balaban J connectivity index is 2.71. The van der Waals surface area contributed by atoms with E-state index >= 15 is 0 Å². The summed E-state index contributed by atoms with van der Waals surface area (Å²) in [5.74, 6) is 0. The second-order valence-electron chi connectivity index (χ2n) is 5.15. The summed E-state index contributed by atoms with van der Waals surface area (Å²) in [5, 5.41) is 15.1. The molecule has 0 saturated carbocycles. The third kappa shape index (κ3) is 2.88. The molecule has 1 aromatic carbocycles. The van der Waals surface area contributed by atoms with Crippen LogP contribution in [0.5, 0.6) is 0 Å². The summed E-state index contributed by atoms with van der Waals surface area (Å²) in [6.07, 6.45) is 1.27. The van der Waals surface area contributed by atoms with Gasteiger partial charge in [0.05, 0.1) is 10.4 Å². The van der Waals surface area contributed by atoms with Gasteiger partial charge in [0, 0.05) is 21.9 Å². The molecule has 0 saturated heterocycles. The molecule has 3 N–H and O–H groups in total. The lowest BCUT2D eigenvalue weighted by atomic mass is 10.0. The Hall–Kier alpha value is -1.73. The van der Waals surface area contributed by atoms with E-state index in [9.17, 15) is 10.1 Å². The number of fused-ring (bicyclic) bond motifs is 1. The first-order valence-electron chi connectivity index (χ1n) is 6.05. The van der Waals surface area contributed by atoms with E-state index < -0.39 is 10.5 Å². The summed E-state index contributed by atoms with van der Waals surface area (Å²) in [7, 11) is 0. The quantitative estimate of drug-likeness (QED) is 0.659. The van der Waals surface area contributed by atoms with E-state index in [-0.39, 0.29) is 5.69 Å². The van der Waals surface area contributed by atoms with Gasteiger partial charge < -0.3 is 11.1 Å². The van der Waals surface area contributed by atoms with Gasteiger partial charge in [0.25, 0.3) is 0 Å². The smallest absolute Gasteiger partial charge is 0.311 e. The van der Waals surface area contributed by atoms with Crippen LogP contribution in [0.25, 0.3) is 10.9 Å². The fourth-order valence-electron chi connectivity index (χ4n) is 1.81. The molecule has 0 unspecified atom stereocenters. The number of nitrogens with one attached hydrogen (secondary N) is 1. The highest BCUT2D eigenvalue weighted by atomic mass is 79.9. The van der Waals surface area contributed by atoms with E-state index in [0.717, 1.165) is 4.47 Å². The first-order chi connectivity index (χ1) is 9.34. The molecular formula is C13H15BrN4O2. The Morgan fingerprint density at radius 1 is 1.50 bits per heavy atom. The number of nitro groups is 1. The monoisotopic (exact) mass is 338 g/mol. The van der Waals surface area contributed by atoms with Crippen LogP contribution >= 0.6 is 15.9 Å². The molecule has 2 aromatic rings. The van der Waals surface area contributed by atoms with E-state index in [1.165, 1.54) is 6.20 Å². The van der Waals surface area contributed by atoms with Gasteiger partial charge in [-0.15, -0.1) is 0 Å². The molecule has 20 heavy (non-hydrogen) atoms. The predicted octanol–water partition coefficient (Wildman–Crippen LogP) is 3.05. The number of halogens is 1. The standard InChI is InChI=1S/C13H15BrN4O2/c1-13(2,7-15)17-12-9-5-8(14)3-4-10(9)16-6-11(12)18(19)20/h3-6H,7,15H2,1-2H3,(H,16,17). The number of nitrogens with zero attached hydrogens (tertiary/aromatic N) is 2. The zero-order chi connectivity index (χ0) is 14.9. The molecule has 1 heterocycles. The Kier molecular flexibility index (Phi) is 3.92. The number of benzene rings is 1. The van der Waals surface area contributed by atoms with Crippen molar-refractivity contribution in [3.63, 3.8) is 0 Å². The predicted molar refractivity (Wildman–Crippen MR) is 82.9 cm³/mol. The van der Waals surface area contributed by atoms with Gasteiger partial charge in [-0.25, -0.2) is 4.98 Å². The number of pyridine rings is 1. The van der Waals surface area contributed by atoms with Crippen molar-refractivity contribution in [1.82, 2.24) is 4.98 Å². The summed E-state index contributed by atoms with van der Waals surface area (Å²) in [4.78, 5) is 14.9. The molecule has 0 radical (unpaired) electrons. The van der Waals surface area contributed by atoms with Crippen molar-refractivity contribution in [3.8, 4) is 0 Å². The highest BCUT2D eigenvalue weighted by Gasteiger charge is 2.24. The molecule has 7 heteroatoms. The summed E-state index contributed by atoms with van der Waals surface area (Å²) in [5.41, 5.74) is 6.31. The fourth-order valence-corrected chi connectivity index (χ4v) is 2.17. The minimum atomic E-state index is -0.457. The Labute approximate surface area is 124 Å². The van der Waals surface area contributed by atoms with E-state index in [4.69, 9.17) is 5.73 Å². The number of nitrogens with two attached hydrogens (primary N) is 1. The van der Waals surface area contributed by atoms with Gasteiger partial charge in [-0.3, -0.25) is 10.1 Å². The van der Waals surface area contributed by atoms with E-state index in [2.05, 4.69) is 26.2 Å². The molecule has 0 aliphatic heterocycles. The van der Waals surface area contributed by atoms with E-state index in [0.29, 0.717) is 23.1 Å². The average molecular weight is 339 g/mol. The first-order valence-corrected chi connectivity index (χ1v) is 6.84. The van der Waals surface area contributed by atoms with Gasteiger partial charge in [-0.2, -0.15) is 0 Å². The second-order valence-corrected chi connectivity index (χ2v) is 6.07. The molecule has 106 valence electrons. The van der Waals surface area contributed by atoms with Crippen molar-refractivity contribution in [2.24, 2.45) is 5.73 Å². The van der Waals surface area contributed by atoms with E-state index in [1.807, 2.05) is 32.0 Å². The Morgan fingerprint density at radius 3 is 2.80 bits per heavy atom. The van der Waals surface area contributed by atoms with E-state index in [1.54, 1.807) is 0 Å². The minimum absolute atomic E-state index is 0.0582. The second kappa shape index (κ2) is 5.34. The van der Waals surface area contributed by atoms with Crippen LogP contribution in [0.2, 0.25) is 0 Å². The van der Waals surface area contributed by atoms with Crippen LogP contribution in [0.1, 0.15) is 13.8 Å². The molecule has 0 aliphatic carbocycles. The summed E-state index contributed by atoms with van der Waals surface area (Å²) in [6, 6.07) is 5.47. The van der Waals surface area contributed by atoms with Gasteiger partial charge >= 0.3 is 5.69 Å². The zero-order valence-electron chi connectivity index (χ0n) is 11.2. The SMILES string of the molecule is CC(C)(CN)Nc1c([N+](=O)[O-])cnc2ccc(Br)cc12. The lowest BCUT2D eigenvalue weighted by Gasteiger charge is -2.26. The molecule has 0 aliphatic rings. The van der Waals surface area contributed by atoms with Crippen molar-refractivity contribution >= 4 is 38.2 Å². The lowest BCUT2D eigenvalue weighted by molar-refractivity contribution is -0.384. The number of hydrogen-bond donors (Lipinski definition) is 2. The summed E-state index contributed by atoms with van der Waals surface area (Å²) in [6.45, 7) is 4.13. The van der Waals surface area contributed by atoms with Crippen molar-refractivity contribution in [2.75, 3.05) is 11.9 Å². The number of rotatable bonds is 4. The van der Waals surface area contributed by atoms with Gasteiger partial charge in [-0.1, -0.05) is 15.9 Å². The van der Waals surface area contributed by atoms with Gasteiger partial charge in [-0.05, 0) is 32.0 Å². The molecule has 0 amide bonds. The van der Waals surface area contributed by atoms with Gasteiger partial charge in [0.15, 0.2) is 0 Å². The zero-order valence-corrected chi connectivity index (χ0v) is 12.8. The molecule has 0 bridgehead atoms. The number of aromatic nitrogens is 1. The van der Waals surface area contributed by atoms with Crippen LogP contribution < -0.4 is 11.1 Å². The maximum Gasteiger partial charge on any atom is 0.311 e. The Bertz CT molecular complexity index is 673. The van der Waals surface area contributed by atoms with Gasteiger partial charge in [0.2, 0.25) is 0 Å². The maximum atomic E-state index is 11.2. The molecule has 2 rings (SSSR count). The topological polar surface area (TPSA) is 94.1 Å². The van der Waals surface area contributed by atoms with Crippen molar-refractivity contribution in [3.05, 3.63) is 39.0 Å². The van der Waals surface area contributed by atoms with Crippen molar-refractivity contribution in [2.45, 2.75) is 19.4 Å².